The van der Waals surface area contributed by atoms with Crippen molar-refractivity contribution >= 4 is 0 Å². The van der Waals surface area contributed by atoms with E-state index in [-0.39, 0.29) is 6.61 Å². The van der Waals surface area contributed by atoms with Crippen molar-refractivity contribution in [1.29, 1.82) is 0 Å². The number of hydrogen-bond acceptors (Lipinski definition) is 2. The first-order valence-electron chi connectivity index (χ1n) is 5.24. The van der Waals surface area contributed by atoms with Crippen LogP contribution in [0.25, 0.3) is 0 Å². The highest BCUT2D eigenvalue weighted by molar-refractivity contribution is 5.22. The van der Waals surface area contributed by atoms with Crippen molar-refractivity contribution in [3.8, 4) is 0 Å². The molecule has 0 saturated carbocycles. The normalized spacial score (nSPS) is 14.6. The van der Waals surface area contributed by atoms with Crippen LogP contribution in [0.4, 0.5) is 0 Å². The molecule has 84 valence electrons. The lowest BCUT2D eigenvalue weighted by atomic mass is 9.94. The largest absolute Gasteiger partial charge is 0.393 e. The molecular formula is C13H15NO2. The maximum Gasteiger partial charge on any atom is 0.130 e. The topological polar surface area (TPSA) is 45.4 Å². The summed E-state index contributed by atoms with van der Waals surface area (Å²) in [5, 5.41) is 19.8. The molecule has 0 aliphatic rings. The van der Waals surface area contributed by atoms with Crippen LogP contribution >= 0.6 is 0 Å². The van der Waals surface area contributed by atoms with Crippen LogP contribution in [0.1, 0.15) is 5.56 Å². The first kappa shape index (κ1) is 10.9. The molecule has 1 unspecified atom stereocenters. The maximum absolute atomic E-state index is 10.4. The van der Waals surface area contributed by atoms with E-state index in [0.717, 1.165) is 5.56 Å². The van der Waals surface area contributed by atoms with Gasteiger partial charge in [-0.05, 0) is 17.7 Å². The van der Waals surface area contributed by atoms with Gasteiger partial charge < -0.3 is 14.8 Å². The average molecular weight is 217 g/mol. The molecule has 16 heavy (non-hydrogen) atoms. The van der Waals surface area contributed by atoms with Crippen LogP contribution in [0.15, 0.2) is 54.9 Å². The van der Waals surface area contributed by atoms with Crippen LogP contribution in [0.3, 0.4) is 0 Å². The van der Waals surface area contributed by atoms with Gasteiger partial charge in [-0.25, -0.2) is 0 Å². The molecule has 3 heteroatoms. The Labute approximate surface area is 94.6 Å². The van der Waals surface area contributed by atoms with Crippen LogP contribution in [-0.4, -0.2) is 21.4 Å². The van der Waals surface area contributed by atoms with Crippen molar-refractivity contribution in [3.63, 3.8) is 0 Å². The summed E-state index contributed by atoms with van der Waals surface area (Å²) in [5.74, 6) is 0. The molecule has 0 fully saturated rings. The van der Waals surface area contributed by atoms with Crippen molar-refractivity contribution in [2.75, 3.05) is 6.61 Å². The number of nitrogens with zero attached hydrogens (tertiary/aromatic N) is 1. The van der Waals surface area contributed by atoms with Gasteiger partial charge in [-0.1, -0.05) is 30.3 Å². The number of aliphatic hydroxyl groups is 2. The number of rotatable bonds is 4. The van der Waals surface area contributed by atoms with Crippen LogP contribution in [0, 0.1) is 0 Å². The first-order chi connectivity index (χ1) is 7.74. The van der Waals surface area contributed by atoms with E-state index in [4.69, 9.17) is 0 Å². The molecule has 0 bridgehead atoms. The summed E-state index contributed by atoms with van der Waals surface area (Å²) < 4.78 is 1.85. The average Bonchev–Trinajstić information content (AvgIpc) is 2.83. The summed E-state index contributed by atoms with van der Waals surface area (Å²) in [6.45, 7) is 0.0513. The fourth-order valence-electron chi connectivity index (χ4n) is 1.76. The molecule has 0 radical (unpaired) electrons. The van der Waals surface area contributed by atoms with Gasteiger partial charge in [-0.2, -0.15) is 0 Å². The van der Waals surface area contributed by atoms with Gasteiger partial charge in [0.05, 0.1) is 13.2 Å². The highest BCUT2D eigenvalue weighted by Gasteiger charge is 2.28. The Morgan fingerprint density at radius 1 is 1.00 bits per heavy atom. The third-order valence-corrected chi connectivity index (χ3v) is 2.68. The zero-order chi connectivity index (χ0) is 11.4. The molecule has 0 spiro atoms. The van der Waals surface area contributed by atoms with Gasteiger partial charge in [0.25, 0.3) is 0 Å². The lowest BCUT2D eigenvalue weighted by molar-refractivity contribution is -0.0331. The van der Waals surface area contributed by atoms with E-state index in [1.165, 1.54) is 0 Å². The predicted molar refractivity (Wildman–Crippen MR) is 61.9 cm³/mol. The van der Waals surface area contributed by atoms with Gasteiger partial charge in [0, 0.05) is 12.4 Å². The highest BCUT2D eigenvalue weighted by atomic mass is 16.3. The monoisotopic (exact) mass is 217 g/mol. The van der Waals surface area contributed by atoms with Gasteiger partial charge >= 0.3 is 0 Å². The molecule has 0 amide bonds. The third-order valence-electron chi connectivity index (χ3n) is 2.68. The Bertz CT molecular complexity index is 424. The van der Waals surface area contributed by atoms with Gasteiger partial charge in [0.1, 0.15) is 5.60 Å². The van der Waals surface area contributed by atoms with E-state index < -0.39 is 5.60 Å². The number of aromatic nitrogens is 1. The van der Waals surface area contributed by atoms with Crippen LogP contribution in [0.5, 0.6) is 0 Å². The first-order valence-corrected chi connectivity index (χ1v) is 5.24. The van der Waals surface area contributed by atoms with E-state index in [1.54, 1.807) is 0 Å². The van der Waals surface area contributed by atoms with Crippen LogP contribution in [0.2, 0.25) is 0 Å². The lowest BCUT2D eigenvalue weighted by Crippen LogP contribution is -2.34. The van der Waals surface area contributed by atoms with Crippen molar-refractivity contribution < 1.29 is 10.2 Å². The third kappa shape index (κ3) is 2.15. The molecule has 2 aromatic rings. The van der Waals surface area contributed by atoms with Crippen LogP contribution < -0.4 is 0 Å². The summed E-state index contributed by atoms with van der Waals surface area (Å²) in [5.41, 5.74) is -0.494. The second-order valence-electron chi connectivity index (χ2n) is 3.91. The minimum atomic E-state index is -1.22. The summed E-state index contributed by atoms with van der Waals surface area (Å²) >= 11 is 0. The second kappa shape index (κ2) is 4.51. The van der Waals surface area contributed by atoms with Gasteiger partial charge in [0.15, 0.2) is 0 Å². The van der Waals surface area contributed by atoms with Crippen molar-refractivity contribution in [3.05, 3.63) is 60.4 Å². The summed E-state index contributed by atoms with van der Waals surface area (Å²) in [6.07, 6.45) is 3.73. The summed E-state index contributed by atoms with van der Waals surface area (Å²) in [4.78, 5) is 0. The SMILES string of the molecule is OCC(O)(Cn1cccc1)c1ccccc1. The maximum atomic E-state index is 10.4. The molecule has 1 heterocycles. The van der Waals surface area contributed by atoms with E-state index >= 15 is 0 Å². The smallest absolute Gasteiger partial charge is 0.130 e. The van der Waals surface area contributed by atoms with E-state index in [0.29, 0.717) is 6.54 Å². The standard InChI is InChI=1S/C13H15NO2/c15-11-13(16,10-14-8-4-5-9-14)12-6-2-1-3-7-12/h1-9,15-16H,10-11H2. The zero-order valence-electron chi connectivity index (χ0n) is 8.95. The molecule has 1 atom stereocenters. The van der Waals surface area contributed by atoms with Gasteiger partial charge in [-0.3, -0.25) is 0 Å². The Morgan fingerprint density at radius 3 is 2.19 bits per heavy atom. The Hall–Kier alpha value is -1.58. The number of hydrogen-bond donors (Lipinski definition) is 2. The van der Waals surface area contributed by atoms with E-state index in [9.17, 15) is 10.2 Å². The molecule has 0 aliphatic heterocycles. The Kier molecular flexibility index (Phi) is 3.08. The fraction of sp³-hybridized carbons (Fsp3) is 0.231. The number of benzene rings is 1. The molecule has 3 nitrogen and oxygen atoms in total. The van der Waals surface area contributed by atoms with Crippen molar-refractivity contribution in [2.24, 2.45) is 0 Å². The zero-order valence-corrected chi connectivity index (χ0v) is 8.95. The summed E-state index contributed by atoms with van der Waals surface area (Å²) in [6, 6.07) is 13.0. The number of aliphatic hydroxyl groups excluding tert-OH is 1. The van der Waals surface area contributed by atoms with E-state index in [1.807, 2.05) is 59.4 Å². The van der Waals surface area contributed by atoms with Gasteiger partial charge in [-0.15, -0.1) is 0 Å². The lowest BCUT2D eigenvalue weighted by Gasteiger charge is -2.27. The minimum Gasteiger partial charge on any atom is -0.393 e. The van der Waals surface area contributed by atoms with Crippen LogP contribution in [-0.2, 0) is 12.1 Å². The Morgan fingerprint density at radius 2 is 1.62 bits per heavy atom. The molecule has 1 aromatic heterocycles. The quantitative estimate of drug-likeness (QED) is 0.812. The van der Waals surface area contributed by atoms with Gasteiger partial charge in [0.2, 0.25) is 0 Å². The molecule has 2 rings (SSSR count). The fourth-order valence-corrected chi connectivity index (χ4v) is 1.76. The van der Waals surface area contributed by atoms with E-state index in [2.05, 4.69) is 0 Å². The highest BCUT2D eigenvalue weighted by Crippen LogP contribution is 2.22. The molecule has 1 aromatic carbocycles. The minimum absolute atomic E-state index is 0.296. The molecule has 2 N–H and O–H groups in total. The second-order valence-corrected chi connectivity index (χ2v) is 3.91. The van der Waals surface area contributed by atoms with Crippen molar-refractivity contribution in [1.82, 2.24) is 4.57 Å². The Balaban J connectivity index is 2.26. The molecule has 0 saturated heterocycles. The molecule has 0 aliphatic carbocycles. The summed E-state index contributed by atoms with van der Waals surface area (Å²) in [7, 11) is 0. The predicted octanol–water partition coefficient (Wildman–Crippen LogP) is 1.37. The van der Waals surface area contributed by atoms with Crippen molar-refractivity contribution in [2.45, 2.75) is 12.1 Å². The molecular weight excluding hydrogens is 202 g/mol.